The normalized spacial score (nSPS) is 12.8. The molecule has 3 aromatic carbocycles. The van der Waals surface area contributed by atoms with Crippen molar-refractivity contribution in [3.05, 3.63) is 84.1 Å². The molecule has 7 nitrogen and oxygen atoms in total. The lowest BCUT2D eigenvalue weighted by molar-refractivity contribution is -0.126. The Bertz CT molecular complexity index is 1320. The summed E-state index contributed by atoms with van der Waals surface area (Å²) < 4.78 is 45.6. The summed E-state index contributed by atoms with van der Waals surface area (Å²) in [5.41, 5.74) is 2.05. The first-order valence-corrected chi connectivity index (χ1v) is 10.9. The Hall–Kier alpha value is -3.98. The van der Waals surface area contributed by atoms with Crippen molar-refractivity contribution in [3.8, 4) is 17.2 Å². The summed E-state index contributed by atoms with van der Waals surface area (Å²) in [6.07, 6.45) is 0.970. The number of aromatic nitrogens is 2. The fourth-order valence-corrected chi connectivity index (χ4v) is 3.84. The lowest BCUT2D eigenvalue weighted by Gasteiger charge is -2.27. The van der Waals surface area contributed by atoms with Crippen molar-refractivity contribution >= 4 is 16.8 Å². The predicted molar refractivity (Wildman–Crippen MR) is 127 cm³/mol. The SMILES string of the molecule is COCC(=O)NC(C)C(Oc1ccc2c(cnn2-c2ccc(F)cc2)c1)c1ccc(OC)c(F)c1. The summed E-state index contributed by atoms with van der Waals surface area (Å²) in [6, 6.07) is 15.5. The van der Waals surface area contributed by atoms with Gasteiger partial charge in [0.05, 0.1) is 30.6 Å². The van der Waals surface area contributed by atoms with Crippen LogP contribution in [0.5, 0.6) is 11.5 Å². The zero-order chi connectivity index (χ0) is 24.9. The topological polar surface area (TPSA) is 74.6 Å². The van der Waals surface area contributed by atoms with E-state index < -0.39 is 18.0 Å². The first kappa shape index (κ1) is 24.2. The molecule has 4 rings (SSSR count). The molecule has 4 aromatic rings. The number of nitrogens with one attached hydrogen (secondary N) is 1. The van der Waals surface area contributed by atoms with E-state index in [0.717, 1.165) is 16.6 Å². The maximum absolute atomic E-state index is 14.5. The van der Waals surface area contributed by atoms with E-state index in [2.05, 4.69) is 10.4 Å². The van der Waals surface area contributed by atoms with Gasteiger partial charge < -0.3 is 19.5 Å². The zero-order valence-electron chi connectivity index (χ0n) is 19.5. The molecule has 35 heavy (non-hydrogen) atoms. The summed E-state index contributed by atoms with van der Waals surface area (Å²) in [6.45, 7) is 1.66. The van der Waals surface area contributed by atoms with Crippen LogP contribution in [-0.2, 0) is 9.53 Å². The molecule has 1 aromatic heterocycles. The Labute approximate surface area is 201 Å². The standard InChI is InChI=1S/C26H25F2N3O4/c1-16(30-25(32)15-33-2)26(17-4-11-24(34-3)22(28)13-17)35-21-9-10-23-18(12-21)14-29-31(23)20-7-5-19(27)6-8-20/h4-14,16,26H,15H2,1-3H3,(H,30,32). The number of hydrogen-bond donors (Lipinski definition) is 1. The van der Waals surface area contributed by atoms with Gasteiger partial charge in [-0.3, -0.25) is 4.79 Å². The highest BCUT2D eigenvalue weighted by molar-refractivity contribution is 5.82. The largest absolute Gasteiger partial charge is 0.494 e. The summed E-state index contributed by atoms with van der Waals surface area (Å²) in [7, 11) is 2.82. The molecule has 0 saturated heterocycles. The van der Waals surface area contributed by atoms with Crippen molar-refractivity contribution in [1.82, 2.24) is 15.1 Å². The quantitative estimate of drug-likeness (QED) is 0.379. The monoisotopic (exact) mass is 481 g/mol. The van der Waals surface area contributed by atoms with Gasteiger partial charge in [0.1, 0.15) is 24.3 Å². The van der Waals surface area contributed by atoms with Crippen LogP contribution in [0.3, 0.4) is 0 Å². The predicted octanol–water partition coefficient (Wildman–Crippen LogP) is 4.58. The van der Waals surface area contributed by atoms with Crippen LogP contribution in [0.2, 0.25) is 0 Å². The second-order valence-corrected chi connectivity index (χ2v) is 7.98. The Balaban J connectivity index is 1.65. The van der Waals surface area contributed by atoms with Gasteiger partial charge in [-0.25, -0.2) is 13.5 Å². The third kappa shape index (κ3) is 5.41. The van der Waals surface area contributed by atoms with Crippen LogP contribution in [0.1, 0.15) is 18.6 Å². The number of carbonyl (C=O) groups is 1. The van der Waals surface area contributed by atoms with Crippen LogP contribution in [0.4, 0.5) is 8.78 Å². The number of hydrogen-bond acceptors (Lipinski definition) is 5. The number of carbonyl (C=O) groups excluding carboxylic acids is 1. The van der Waals surface area contributed by atoms with Crippen LogP contribution in [0, 0.1) is 11.6 Å². The third-order valence-corrected chi connectivity index (χ3v) is 5.50. The maximum atomic E-state index is 14.5. The molecule has 1 heterocycles. The summed E-state index contributed by atoms with van der Waals surface area (Å²) in [4.78, 5) is 12.1. The fraction of sp³-hybridized carbons (Fsp3) is 0.231. The third-order valence-electron chi connectivity index (χ3n) is 5.50. The number of fused-ring (bicyclic) bond motifs is 1. The maximum Gasteiger partial charge on any atom is 0.246 e. The molecule has 0 aliphatic rings. The van der Waals surface area contributed by atoms with Crippen molar-refractivity contribution in [2.45, 2.75) is 19.1 Å². The highest BCUT2D eigenvalue weighted by Crippen LogP contribution is 2.31. The van der Waals surface area contributed by atoms with Crippen LogP contribution < -0.4 is 14.8 Å². The molecule has 0 saturated carbocycles. The smallest absolute Gasteiger partial charge is 0.246 e. The van der Waals surface area contributed by atoms with Gasteiger partial charge in [0, 0.05) is 12.5 Å². The lowest BCUT2D eigenvalue weighted by Crippen LogP contribution is -2.40. The fourth-order valence-electron chi connectivity index (χ4n) is 3.84. The van der Waals surface area contributed by atoms with Crippen molar-refractivity contribution in [3.63, 3.8) is 0 Å². The number of nitrogens with zero attached hydrogens (tertiary/aromatic N) is 2. The molecule has 9 heteroatoms. The molecule has 0 aliphatic heterocycles. The van der Waals surface area contributed by atoms with Crippen molar-refractivity contribution in [2.75, 3.05) is 20.8 Å². The van der Waals surface area contributed by atoms with Gasteiger partial charge in [-0.2, -0.15) is 5.10 Å². The molecule has 0 fully saturated rings. The number of ether oxygens (including phenoxy) is 3. The minimum Gasteiger partial charge on any atom is -0.494 e. The first-order chi connectivity index (χ1) is 16.9. The average Bonchev–Trinajstić information content (AvgIpc) is 3.26. The van der Waals surface area contributed by atoms with Gasteiger partial charge >= 0.3 is 0 Å². The lowest BCUT2D eigenvalue weighted by atomic mass is 10.0. The summed E-state index contributed by atoms with van der Waals surface area (Å²) in [5, 5.41) is 8.02. The highest BCUT2D eigenvalue weighted by Gasteiger charge is 2.25. The molecule has 1 N–H and O–H groups in total. The van der Waals surface area contributed by atoms with Crippen LogP contribution in [-0.4, -0.2) is 42.6 Å². The number of methoxy groups -OCH3 is 2. The minimum absolute atomic E-state index is 0.109. The Kier molecular flexibility index (Phi) is 7.26. The molecule has 1 amide bonds. The number of halogens is 2. The van der Waals surface area contributed by atoms with E-state index in [1.165, 1.54) is 38.5 Å². The molecule has 0 spiro atoms. The summed E-state index contributed by atoms with van der Waals surface area (Å²) >= 11 is 0. The number of amides is 1. The molecular formula is C26H25F2N3O4. The minimum atomic E-state index is -0.708. The van der Waals surface area contributed by atoms with Crippen LogP contribution >= 0.6 is 0 Å². The molecule has 182 valence electrons. The first-order valence-electron chi connectivity index (χ1n) is 10.9. The molecule has 2 atom stereocenters. The van der Waals surface area contributed by atoms with Crippen molar-refractivity contribution in [1.29, 1.82) is 0 Å². The molecule has 0 bridgehead atoms. The second-order valence-electron chi connectivity index (χ2n) is 7.98. The Morgan fingerprint density at radius 2 is 1.83 bits per heavy atom. The van der Waals surface area contributed by atoms with Gasteiger partial charge in [-0.1, -0.05) is 6.07 Å². The molecule has 2 unspecified atom stereocenters. The van der Waals surface area contributed by atoms with Crippen LogP contribution in [0.25, 0.3) is 16.6 Å². The average molecular weight is 481 g/mol. The van der Waals surface area contributed by atoms with Gasteiger partial charge in [0.2, 0.25) is 5.91 Å². The second kappa shape index (κ2) is 10.5. The van der Waals surface area contributed by atoms with E-state index >= 15 is 0 Å². The highest BCUT2D eigenvalue weighted by atomic mass is 19.1. The van der Waals surface area contributed by atoms with Crippen molar-refractivity contribution < 1.29 is 27.8 Å². The summed E-state index contributed by atoms with van der Waals surface area (Å²) in [5.74, 6) is -0.569. The van der Waals surface area contributed by atoms with E-state index in [-0.39, 0.29) is 24.1 Å². The van der Waals surface area contributed by atoms with Gasteiger partial charge in [0.25, 0.3) is 0 Å². The van der Waals surface area contributed by atoms with Gasteiger partial charge in [-0.15, -0.1) is 0 Å². The van der Waals surface area contributed by atoms with Gasteiger partial charge in [0.15, 0.2) is 11.6 Å². The number of rotatable bonds is 9. The Morgan fingerprint density at radius 1 is 1.06 bits per heavy atom. The van der Waals surface area contributed by atoms with E-state index in [9.17, 15) is 13.6 Å². The molecule has 0 aliphatic carbocycles. The van der Waals surface area contributed by atoms with E-state index in [1.54, 1.807) is 48.1 Å². The number of benzene rings is 3. The zero-order valence-corrected chi connectivity index (χ0v) is 19.5. The van der Waals surface area contributed by atoms with E-state index in [4.69, 9.17) is 14.2 Å². The van der Waals surface area contributed by atoms with Gasteiger partial charge in [-0.05, 0) is 67.1 Å². The van der Waals surface area contributed by atoms with Crippen molar-refractivity contribution in [2.24, 2.45) is 0 Å². The molecule has 0 radical (unpaired) electrons. The van der Waals surface area contributed by atoms with Crippen LogP contribution in [0.15, 0.2) is 66.9 Å². The molecular weight excluding hydrogens is 456 g/mol. The Morgan fingerprint density at radius 3 is 2.51 bits per heavy atom. The van der Waals surface area contributed by atoms with E-state index in [1.807, 2.05) is 6.07 Å². The van der Waals surface area contributed by atoms with E-state index in [0.29, 0.717) is 11.3 Å².